The molecule has 2 rings (SSSR count). The van der Waals surface area contributed by atoms with Crippen LogP contribution in [0.4, 0.5) is 13.2 Å². The van der Waals surface area contributed by atoms with Crippen LogP contribution in [0, 0.1) is 19.8 Å². The molecule has 162 valence electrons. The van der Waals surface area contributed by atoms with E-state index in [1.807, 2.05) is 13.8 Å². The van der Waals surface area contributed by atoms with Crippen molar-refractivity contribution >= 4 is 40.0 Å². The highest BCUT2D eigenvalue weighted by atomic mass is 127. The van der Waals surface area contributed by atoms with E-state index < -0.39 is 15.5 Å². The normalized spacial score (nSPS) is 17.3. The van der Waals surface area contributed by atoms with Crippen LogP contribution < -0.4 is 10.6 Å². The molecule has 2 N–H and O–H groups in total. The number of piperidine rings is 1. The second kappa shape index (κ2) is 10.1. The van der Waals surface area contributed by atoms with Gasteiger partial charge in [0.05, 0.1) is 12.2 Å². The molecule has 1 aliphatic heterocycles. The Bertz CT molecular complexity index is 755. The zero-order valence-corrected chi connectivity index (χ0v) is 19.0. The fourth-order valence-corrected chi connectivity index (χ4v) is 3.72. The third-order valence-electron chi connectivity index (χ3n) is 4.47. The van der Waals surface area contributed by atoms with Gasteiger partial charge in [0.25, 0.3) is 0 Å². The number of nitrogens with zero attached hydrogens (tertiary/aromatic N) is 3. The first-order valence-electron chi connectivity index (χ1n) is 8.48. The van der Waals surface area contributed by atoms with Crippen molar-refractivity contribution in [3.05, 3.63) is 17.3 Å². The molecule has 0 saturated carbocycles. The van der Waals surface area contributed by atoms with Crippen molar-refractivity contribution in [1.82, 2.24) is 19.9 Å². The van der Waals surface area contributed by atoms with Gasteiger partial charge in [0.15, 0.2) is 5.96 Å². The minimum atomic E-state index is -5.25. The first kappa shape index (κ1) is 24.9. The van der Waals surface area contributed by atoms with Gasteiger partial charge in [-0.25, -0.2) is 13.4 Å². The van der Waals surface area contributed by atoms with Crippen LogP contribution in [0.3, 0.4) is 0 Å². The van der Waals surface area contributed by atoms with Gasteiger partial charge in [-0.2, -0.15) is 17.5 Å². The van der Waals surface area contributed by atoms with Gasteiger partial charge in [-0.3, -0.25) is 4.99 Å². The van der Waals surface area contributed by atoms with E-state index in [9.17, 15) is 21.6 Å². The minimum absolute atomic E-state index is 0. The van der Waals surface area contributed by atoms with Gasteiger partial charge in [-0.15, -0.1) is 24.0 Å². The molecule has 0 amide bonds. The number of aryl methyl sites for hydroxylation is 2. The zero-order valence-electron chi connectivity index (χ0n) is 15.8. The lowest BCUT2D eigenvalue weighted by Gasteiger charge is -2.31. The van der Waals surface area contributed by atoms with Crippen molar-refractivity contribution in [2.75, 3.05) is 26.7 Å². The Labute approximate surface area is 179 Å². The Hall–Kier alpha value is -1.09. The van der Waals surface area contributed by atoms with Gasteiger partial charge >= 0.3 is 15.5 Å². The molecule has 13 heteroatoms. The van der Waals surface area contributed by atoms with Crippen molar-refractivity contribution in [2.45, 2.75) is 38.7 Å². The smallest absolute Gasteiger partial charge is 0.444 e. The van der Waals surface area contributed by atoms with E-state index >= 15 is 0 Å². The van der Waals surface area contributed by atoms with Crippen molar-refractivity contribution in [1.29, 1.82) is 0 Å². The largest absolute Gasteiger partial charge is 0.511 e. The number of sulfonamides is 1. The summed E-state index contributed by atoms with van der Waals surface area (Å²) in [6, 6.07) is 0. The fraction of sp³-hybridized carbons (Fsp3) is 0.733. The molecule has 0 aromatic carbocycles. The molecule has 2 heterocycles. The molecule has 0 spiro atoms. The van der Waals surface area contributed by atoms with Crippen LogP contribution >= 0.6 is 24.0 Å². The Morgan fingerprint density at radius 3 is 2.36 bits per heavy atom. The number of nitrogens with one attached hydrogen (secondary N) is 2. The van der Waals surface area contributed by atoms with Gasteiger partial charge in [0.2, 0.25) is 5.89 Å². The summed E-state index contributed by atoms with van der Waals surface area (Å²) >= 11 is 0. The molecule has 0 atom stereocenters. The lowest BCUT2D eigenvalue weighted by molar-refractivity contribution is -0.0496. The highest BCUT2D eigenvalue weighted by Gasteiger charge is 2.50. The number of oxazole rings is 1. The second-order valence-electron chi connectivity index (χ2n) is 6.35. The average molecular weight is 539 g/mol. The maximum Gasteiger partial charge on any atom is 0.511 e. The van der Waals surface area contributed by atoms with Gasteiger partial charge in [0.1, 0.15) is 5.76 Å². The summed E-state index contributed by atoms with van der Waals surface area (Å²) in [5.41, 5.74) is -4.43. The molecule has 8 nitrogen and oxygen atoms in total. The highest BCUT2D eigenvalue weighted by molar-refractivity contribution is 14.0. The summed E-state index contributed by atoms with van der Waals surface area (Å²) in [5.74, 6) is 1.83. The SMILES string of the molecule is CN=C(NCc1nc(C)c(C)o1)NCC1CCN(S(=O)(=O)C(F)(F)F)CC1.I. The topological polar surface area (TPSA) is 99.8 Å². The van der Waals surface area contributed by atoms with E-state index in [0.717, 1.165) is 11.5 Å². The monoisotopic (exact) mass is 539 g/mol. The predicted molar refractivity (Wildman–Crippen MR) is 109 cm³/mol. The fourth-order valence-electron chi connectivity index (χ4n) is 2.74. The summed E-state index contributed by atoms with van der Waals surface area (Å²) < 4.78 is 66.6. The van der Waals surface area contributed by atoms with Crippen LogP contribution in [0.2, 0.25) is 0 Å². The summed E-state index contributed by atoms with van der Waals surface area (Å²) in [5, 5.41) is 6.14. The van der Waals surface area contributed by atoms with Crippen LogP contribution in [-0.4, -0.2) is 55.9 Å². The van der Waals surface area contributed by atoms with Crippen molar-refractivity contribution in [3.8, 4) is 0 Å². The predicted octanol–water partition coefficient (Wildman–Crippen LogP) is 2.14. The summed E-state index contributed by atoms with van der Waals surface area (Å²) in [6.07, 6.45) is 0.689. The lowest BCUT2D eigenvalue weighted by atomic mass is 9.98. The molecule has 0 unspecified atom stereocenters. The number of hydrogen-bond donors (Lipinski definition) is 2. The first-order valence-corrected chi connectivity index (χ1v) is 9.92. The van der Waals surface area contributed by atoms with Gasteiger partial charge in [-0.05, 0) is 32.6 Å². The zero-order chi connectivity index (χ0) is 20.2. The van der Waals surface area contributed by atoms with E-state index in [1.165, 1.54) is 0 Å². The molecule has 1 aromatic rings. The summed E-state index contributed by atoms with van der Waals surface area (Å²) in [6.45, 7) is 4.20. The lowest BCUT2D eigenvalue weighted by Crippen LogP contribution is -2.47. The van der Waals surface area contributed by atoms with Gasteiger partial charge < -0.3 is 15.1 Å². The third-order valence-corrected chi connectivity index (χ3v) is 6.10. The van der Waals surface area contributed by atoms with E-state index in [0.29, 0.717) is 42.1 Å². The molecule has 0 aliphatic carbocycles. The molecule has 1 aliphatic rings. The van der Waals surface area contributed by atoms with Crippen LogP contribution in [0.1, 0.15) is 30.2 Å². The number of rotatable bonds is 5. The van der Waals surface area contributed by atoms with Crippen molar-refractivity contribution < 1.29 is 26.0 Å². The van der Waals surface area contributed by atoms with E-state index in [-0.39, 0.29) is 43.0 Å². The molecule has 1 saturated heterocycles. The molecular weight excluding hydrogens is 514 g/mol. The quantitative estimate of drug-likeness (QED) is 0.338. The summed E-state index contributed by atoms with van der Waals surface area (Å²) in [4.78, 5) is 8.32. The average Bonchev–Trinajstić information content (AvgIpc) is 2.92. The van der Waals surface area contributed by atoms with Crippen molar-refractivity contribution in [2.24, 2.45) is 10.9 Å². The van der Waals surface area contributed by atoms with Gasteiger partial charge in [0, 0.05) is 26.7 Å². The Kier molecular flexibility index (Phi) is 8.99. The Balaban J connectivity index is 0.00000392. The van der Waals surface area contributed by atoms with Crippen LogP contribution in [0.5, 0.6) is 0 Å². The third kappa shape index (κ3) is 6.20. The number of aromatic nitrogens is 1. The first-order chi connectivity index (χ1) is 12.5. The summed E-state index contributed by atoms with van der Waals surface area (Å²) in [7, 11) is -3.64. The number of halogens is 4. The minimum Gasteiger partial charge on any atom is -0.444 e. The number of guanidine groups is 1. The van der Waals surface area contributed by atoms with Gasteiger partial charge in [-0.1, -0.05) is 0 Å². The maximum absolute atomic E-state index is 12.6. The van der Waals surface area contributed by atoms with Crippen LogP contribution in [0.25, 0.3) is 0 Å². The van der Waals surface area contributed by atoms with Crippen molar-refractivity contribution in [3.63, 3.8) is 0 Å². The number of alkyl halides is 3. The number of hydrogen-bond acceptors (Lipinski definition) is 5. The molecule has 0 radical (unpaired) electrons. The molecule has 1 aromatic heterocycles. The van der Waals surface area contributed by atoms with E-state index in [1.54, 1.807) is 7.05 Å². The molecule has 28 heavy (non-hydrogen) atoms. The Morgan fingerprint density at radius 1 is 1.29 bits per heavy atom. The van der Waals surface area contributed by atoms with E-state index in [2.05, 4.69) is 20.6 Å². The van der Waals surface area contributed by atoms with E-state index in [4.69, 9.17) is 4.42 Å². The standard InChI is InChI=1S/C15H24F3N5O3S.HI/c1-10-11(2)26-13(22-10)9-21-14(19-3)20-8-12-4-6-23(7-5-12)27(24,25)15(16,17)18;/h12H,4-9H2,1-3H3,(H2,19,20,21);1H. The highest BCUT2D eigenvalue weighted by Crippen LogP contribution is 2.30. The molecular formula is C15H25F3IN5O3S. The Morgan fingerprint density at radius 2 is 1.89 bits per heavy atom. The second-order valence-corrected chi connectivity index (χ2v) is 8.28. The van der Waals surface area contributed by atoms with Crippen LogP contribution in [-0.2, 0) is 16.6 Å². The van der Waals surface area contributed by atoms with Crippen LogP contribution in [0.15, 0.2) is 9.41 Å². The number of aliphatic imine (C=N–C) groups is 1. The maximum atomic E-state index is 12.6. The molecule has 0 bridgehead atoms. The molecule has 1 fully saturated rings.